The highest BCUT2D eigenvalue weighted by Crippen LogP contribution is 2.36. The summed E-state index contributed by atoms with van der Waals surface area (Å²) in [7, 11) is -3.18. The summed E-state index contributed by atoms with van der Waals surface area (Å²) in [6.45, 7) is 0.543. The number of thioether (sulfide) groups is 1. The molecule has 2 aliphatic rings. The van der Waals surface area contributed by atoms with Gasteiger partial charge in [0.05, 0.1) is 28.0 Å². The van der Waals surface area contributed by atoms with Gasteiger partial charge < -0.3 is 5.32 Å². The Kier molecular flexibility index (Phi) is 6.47. The van der Waals surface area contributed by atoms with Crippen molar-refractivity contribution in [3.63, 3.8) is 0 Å². The number of thiocarbonyl (C=S) groups is 1. The van der Waals surface area contributed by atoms with Gasteiger partial charge in [-0.25, -0.2) is 13.4 Å². The molecule has 1 N–H and O–H groups in total. The monoisotopic (exact) mass is 526 g/mol. The smallest absolute Gasteiger partial charge is 0.267 e. The van der Waals surface area contributed by atoms with Crippen LogP contribution in [0.15, 0.2) is 64.4 Å². The molecule has 2 aromatic heterocycles. The molecule has 0 aliphatic carbocycles. The van der Waals surface area contributed by atoms with Gasteiger partial charge in [0, 0.05) is 12.7 Å². The third-order valence-electron chi connectivity index (χ3n) is 5.99. The van der Waals surface area contributed by atoms with E-state index in [0.717, 1.165) is 23.7 Å². The highest BCUT2D eigenvalue weighted by atomic mass is 32.2. The fourth-order valence-electron chi connectivity index (χ4n) is 4.24. The molecule has 11 heteroatoms. The van der Waals surface area contributed by atoms with Crippen LogP contribution in [0.25, 0.3) is 11.7 Å². The molecule has 1 aromatic carbocycles. The molecule has 2 saturated heterocycles. The molecule has 0 radical (unpaired) electrons. The van der Waals surface area contributed by atoms with Gasteiger partial charge in [-0.15, -0.1) is 0 Å². The molecular formula is C24H22N4O4S3. The van der Waals surface area contributed by atoms with Crippen molar-refractivity contribution in [2.24, 2.45) is 0 Å². The number of aromatic nitrogens is 2. The summed E-state index contributed by atoms with van der Waals surface area (Å²) in [5, 5.41) is 3.26. The van der Waals surface area contributed by atoms with Gasteiger partial charge >= 0.3 is 0 Å². The number of carbonyl (C=O) groups is 1. The highest BCUT2D eigenvalue weighted by molar-refractivity contribution is 8.26. The second-order valence-electron chi connectivity index (χ2n) is 8.38. The van der Waals surface area contributed by atoms with Crippen LogP contribution in [0.2, 0.25) is 0 Å². The molecule has 3 aromatic rings. The van der Waals surface area contributed by atoms with E-state index in [1.807, 2.05) is 30.3 Å². The van der Waals surface area contributed by atoms with E-state index in [1.54, 1.807) is 24.4 Å². The highest BCUT2D eigenvalue weighted by Gasteiger charge is 2.42. The minimum Gasteiger partial charge on any atom is -0.369 e. The summed E-state index contributed by atoms with van der Waals surface area (Å²) in [6, 6.07) is 14.8. The maximum atomic E-state index is 13.4. The van der Waals surface area contributed by atoms with Gasteiger partial charge in [0.1, 0.15) is 15.8 Å². The largest absolute Gasteiger partial charge is 0.369 e. The number of hydrogen-bond donors (Lipinski definition) is 1. The number of nitrogens with one attached hydrogen (secondary N) is 1. The van der Waals surface area contributed by atoms with Crippen LogP contribution >= 0.6 is 24.0 Å². The van der Waals surface area contributed by atoms with E-state index in [0.29, 0.717) is 28.8 Å². The molecule has 8 nitrogen and oxygen atoms in total. The number of pyridine rings is 1. The van der Waals surface area contributed by atoms with E-state index < -0.39 is 15.9 Å². The number of benzene rings is 1. The lowest BCUT2D eigenvalue weighted by atomic mass is 10.1. The Bertz CT molecular complexity index is 1520. The van der Waals surface area contributed by atoms with Gasteiger partial charge in [0.15, 0.2) is 9.84 Å². The Hall–Kier alpha value is -3.02. The zero-order chi connectivity index (χ0) is 24.6. The topological polar surface area (TPSA) is 101 Å². The van der Waals surface area contributed by atoms with Crippen molar-refractivity contribution >= 4 is 61.6 Å². The first kappa shape index (κ1) is 23.7. The number of hydrogen-bond acceptors (Lipinski definition) is 8. The standard InChI is InChI=1S/C24H22N4O4S3/c29-22-18(14-19-23(30)28(24(33)34-19)17-10-13-35(31,32)15-17)21(26-20-8-4-5-12-27(20)22)25-11-9-16-6-2-1-3-7-16/h1-8,12,14,17,25H,9-11,13,15H2/b19-14+. The van der Waals surface area contributed by atoms with E-state index >= 15 is 0 Å². The van der Waals surface area contributed by atoms with Crippen LogP contribution in [0, 0.1) is 0 Å². The fourth-order valence-corrected chi connectivity index (χ4v) is 7.32. The van der Waals surface area contributed by atoms with Crippen LogP contribution in [-0.2, 0) is 21.1 Å². The van der Waals surface area contributed by atoms with Crippen LogP contribution in [0.4, 0.5) is 5.82 Å². The summed E-state index contributed by atoms with van der Waals surface area (Å²) in [6.07, 6.45) is 4.23. The van der Waals surface area contributed by atoms with Crippen LogP contribution in [0.1, 0.15) is 17.5 Å². The van der Waals surface area contributed by atoms with Gasteiger partial charge in [-0.2, -0.15) is 0 Å². The molecule has 4 heterocycles. The lowest BCUT2D eigenvalue weighted by Gasteiger charge is -2.20. The molecular weight excluding hydrogens is 504 g/mol. The third-order valence-corrected chi connectivity index (χ3v) is 9.07. The van der Waals surface area contributed by atoms with E-state index in [9.17, 15) is 18.0 Å². The summed E-state index contributed by atoms with van der Waals surface area (Å²) in [5.41, 5.74) is 1.57. The number of rotatable bonds is 6. The fraction of sp³-hybridized carbons (Fsp3) is 0.250. The van der Waals surface area contributed by atoms with Gasteiger partial charge in [0.25, 0.3) is 11.5 Å². The zero-order valence-corrected chi connectivity index (χ0v) is 21.0. The molecule has 5 rings (SSSR count). The summed E-state index contributed by atoms with van der Waals surface area (Å²) >= 11 is 6.48. The Morgan fingerprint density at radius 2 is 1.91 bits per heavy atom. The number of anilines is 1. The average molecular weight is 527 g/mol. The van der Waals surface area contributed by atoms with Crippen molar-refractivity contribution in [1.82, 2.24) is 14.3 Å². The van der Waals surface area contributed by atoms with Crippen LogP contribution in [0.5, 0.6) is 0 Å². The van der Waals surface area contributed by atoms with Crippen molar-refractivity contribution in [2.45, 2.75) is 18.9 Å². The SMILES string of the molecule is O=C1/C(=C\c2c(NCCc3ccccc3)nc3ccccn3c2=O)SC(=S)N1C1CCS(=O)(=O)C1. The van der Waals surface area contributed by atoms with E-state index in [4.69, 9.17) is 12.2 Å². The van der Waals surface area contributed by atoms with Crippen molar-refractivity contribution in [3.05, 3.63) is 81.1 Å². The van der Waals surface area contributed by atoms with Crippen molar-refractivity contribution < 1.29 is 13.2 Å². The van der Waals surface area contributed by atoms with Crippen LogP contribution in [0.3, 0.4) is 0 Å². The molecule has 0 bridgehead atoms. The molecule has 0 saturated carbocycles. The molecule has 1 atom stereocenters. The average Bonchev–Trinajstić information content (AvgIpc) is 3.33. The minimum absolute atomic E-state index is 0.0409. The van der Waals surface area contributed by atoms with Crippen molar-refractivity contribution in [1.29, 1.82) is 0 Å². The predicted molar refractivity (Wildman–Crippen MR) is 142 cm³/mol. The number of fused-ring (bicyclic) bond motifs is 1. The van der Waals surface area contributed by atoms with Crippen molar-refractivity contribution in [3.8, 4) is 0 Å². The number of sulfone groups is 1. The quantitative estimate of drug-likeness (QED) is 0.387. The Morgan fingerprint density at radius 3 is 2.66 bits per heavy atom. The molecule has 1 amide bonds. The minimum atomic E-state index is -3.18. The summed E-state index contributed by atoms with van der Waals surface area (Å²) in [4.78, 5) is 32.9. The molecule has 0 spiro atoms. The molecule has 1 unspecified atom stereocenters. The van der Waals surface area contributed by atoms with Crippen LogP contribution < -0.4 is 10.9 Å². The normalized spacial score (nSPS) is 20.7. The first-order valence-corrected chi connectivity index (χ1v) is 14.1. The molecule has 35 heavy (non-hydrogen) atoms. The lowest BCUT2D eigenvalue weighted by molar-refractivity contribution is -0.123. The number of nitrogens with zero attached hydrogens (tertiary/aromatic N) is 3. The molecule has 180 valence electrons. The number of carbonyl (C=O) groups excluding carboxylic acids is 1. The maximum Gasteiger partial charge on any atom is 0.267 e. The van der Waals surface area contributed by atoms with Gasteiger partial charge in [-0.05, 0) is 36.6 Å². The maximum absolute atomic E-state index is 13.4. The lowest BCUT2D eigenvalue weighted by Crippen LogP contribution is -2.39. The Morgan fingerprint density at radius 1 is 1.14 bits per heavy atom. The zero-order valence-electron chi connectivity index (χ0n) is 18.6. The van der Waals surface area contributed by atoms with Gasteiger partial charge in [-0.3, -0.25) is 18.9 Å². The summed E-state index contributed by atoms with van der Waals surface area (Å²) < 4.78 is 25.6. The van der Waals surface area contributed by atoms with Crippen LogP contribution in [-0.4, -0.2) is 57.0 Å². The van der Waals surface area contributed by atoms with Crippen molar-refractivity contribution in [2.75, 3.05) is 23.4 Å². The Balaban J connectivity index is 1.48. The van der Waals surface area contributed by atoms with E-state index in [2.05, 4.69) is 10.3 Å². The number of amides is 1. The second kappa shape index (κ2) is 9.56. The van der Waals surface area contributed by atoms with Gasteiger partial charge in [0.2, 0.25) is 0 Å². The predicted octanol–water partition coefficient (Wildman–Crippen LogP) is 2.74. The van der Waals surface area contributed by atoms with E-state index in [-0.39, 0.29) is 33.4 Å². The first-order valence-electron chi connectivity index (χ1n) is 11.1. The van der Waals surface area contributed by atoms with Gasteiger partial charge in [-0.1, -0.05) is 60.4 Å². The Labute approximate surface area is 212 Å². The molecule has 2 aliphatic heterocycles. The van der Waals surface area contributed by atoms with E-state index in [1.165, 1.54) is 15.4 Å². The molecule has 2 fully saturated rings. The third kappa shape index (κ3) is 4.89. The first-order chi connectivity index (χ1) is 16.8. The second-order valence-corrected chi connectivity index (χ2v) is 12.3. The summed E-state index contributed by atoms with van der Waals surface area (Å²) in [5.74, 6) is -0.0565.